The molecule has 0 fully saturated rings. The van der Waals surface area contributed by atoms with Crippen molar-refractivity contribution >= 4 is 21.7 Å². The van der Waals surface area contributed by atoms with Crippen LogP contribution in [0.5, 0.6) is 0 Å². The van der Waals surface area contributed by atoms with Crippen molar-refractivity contribution in [3.63, 3.8) is 0 Å². The summed E-state index contributed by atoms with van der Waals surface area (Å²) < 4.78 is 26.2. The van der Waals surface area contributed by atoms with E-state index in [-0.39, 0.29) is 29.6 Å². The normalized spacial score (nSPS) is 11.1. The van der Waals surface area contributed by atoms with Gasteiger partial charge in [-0.05, 0) is 19.1 Å². The van der Waals surface area contributed by atoms with Crippen LogP contribution < -0.4 is 10.0 Å². The van der Waals surface area contributed by atoms with Gasteiger partial charge in [0.15, 0.2) is 5.78 Å². The quantitative estimate of drug-likeness (QED) is 0.735. The average Bonchev–Trinajstić information content (AvgIpc) is 2.38. The van der Waals surface area contributed by atoms with Crippen molar-refractivity contribution in [3.05, 3.63) is 29.8 Å². The lowest BCUT2D eigenvalue weighted by molar-refractivity contribution is -0.120. The maximum Gasteiger partial charge on any atom is 0.240 e. The van der Waals surface area contributed by atoms with Crippen molar-refractivity contribution in [2.45, 2.75) is 18.2 Å². The molecule has 0 bridgehead atoms. The number of hydrogen-bond acceptors (Lipinski definition) is 4. The van der Waals surface area contributed by atoms with Crippen LogP contribution in [0.25, 0.3) is 0 Å². The first-order valence-electron chi connectivity index (χ1n) is 5.68. The molecule has 7 heteroatoms. The Bertz CT molecular complexity index is 581. The lowest BCUT2D eigenvalue weighted by Gasteiger charge is -2.07. The van der Waals surface area contributed by atoms with E-state index in [0.29, 0.717) is 5.56 Å². The molecule has 0 saturated carbocycles. The molecular formula is C12H16N2O4S. The van der Waals surface area contributed by atoms with Gasteiger partial charge in [-0.3, -0.25) is 9.59 Å². The number of benzene rings is 1. The summed E-state index contributed by atoms with van der Waals surface area (Å²) in [5.41, 5.74) is 0.328. The Hall–Kier alpha value is -1.73. The van der Waals surface area contributed by atoms with E-state index < -0.39 is 10.0 Å². The van der Waals surface area contributed by atoms with E-state index in [0.717, 1.165) is 0 Å². The Labute approximate surface area is 112 Å². The Morgan fingerprint density at radius 3 is 2.53 bits per heavy atom. The Morgan fingerprint density at radius 2 is 1.95 bits per heavy atom. The third-order valence-electron chi connectivity index (χ3n) is 2.47. The van der Waals surface area contributed by atoms with Gasteiger partial charge in [0, 0.05) is 25.6 Å². The molecule has 0 aromatic heterocycles. The van der Waals surface area contributed by atoms with Crippen molar-refractivity contribution in [3.8, 4) is 0 Å². The SMILES string of the molecule is CNC(=O)CCNS(=O)(=O)c1cccc(C(C)=O)c1. The molecule has 0 saturated heterocycles. The predicted molar refractivity (Wildman–Crippen MR) is 70.3 cm³/mol. The van der Waals surface area contributed by atoms with Gasteiger partial charge >= 0.3 is 0 Å². The highest BCUT2D eigenvalue weighted by Crippen LogP contribution is 2.11. The summed E-state index contributed by atoms with van der Waals surface area (Å²) in [5, 5.41) is 2.40. The standard InChI is InChI=1S/C12H16N2O4S/c1-9(15)10-4-3-5-11(8-10)19(17,18)14-7-6-12(16)13-2/h3-5,8,14H,6-7H2,1-2H3,(H,13,16). The molecule has 6 nitrogen and oxygen atoms in total. The molecule has 1 amide bonds. The highest BCUT2D eigenvalue weighted by Gasteiger charge is 2.15. The highest BCUT2D eigenvalue weighted by atomic mass is 32.2. The van der Waals surface area contributed by atoms with Crippen LogP contribution in [0.15, 0.2) is 29.2 Å². The number of hydrogen-bond donors (Lipinski definition) is 2. The van der Waals surface area contributed by atoms with E-state index in [1.807, 2.05) is 0 Å². The van der Waals surface area contributed by atoms with Crippen molar-refractivity contribution in [2.75, 3.05) is 13.6 Å². The van der Waals surface area contributed by atoms with Gasteiger partial charge in [0.2, 0.25) is 15.9 Å². The Kier molecular flexibility index (Phi) is 5.20. The smallest absolute Gasteiger partial charge is 0.240 e. The summed E-state index contributed by atoms with van der Waals surface area (Å²) in [7, 11) is -2.22. The fraction of sp³-hybridized carbons (Fsp3) is 0.333. The van der Waals surface area contributed by atoms with Gasteiger partial charge in [-0.25, -0.2) is 13.1 Å². The zero-order chi connectivity index (χ0) is 14.5. The second-order valence-corrected chi connectivity index (χ2v) is 5.67. The molecule has 19 heavy (non-hydrogen) atoms. The monoisotopic (exact) mass is 284 g/mol. The molecule has 0 aliphatic carbocycles. The topological polar surface area (TPSA) is 92.3 Å². The molecule has 104 valence electrons. The second kappa shape index (κ2) is 6.44. The molecule has 0 aliphatic rings. The Balaban J connectivity index is 2.80. The van der Waals surface area contributed by atoms with Crippen molar-refractivity contribution in [1.29, 1.82) is 0 Å². The first-order chi connectivity index (χ1) is 8.86. The first kappa shape index (κ1) is 15.3. The molecule has 1 aromatic rings. The van der Waals surface area contributed by atoms with Gasteiger partial charge in [-0.15, -0.1) is 0 Å². The average molecular weight is 284 g/mol. The minimum Gasteiger partial charge on any atom is -0.359 e. The maximum absolute atomic E-state index is 11.9. The number of carbonyl (C=O) groups is 2. The molecule has 0 aliphatic heterocycles. The van der Waals surface area contributed by atoms with E-state index in [1.54, 1.807) is 6.07 Å². The van der Waals surface area contributed by atoms with Crippen molar-refractivity contribution in [2.24, 2.45) is 0 Å². The minimum absolute atomic E-state index is 0.00626. The molecule has 1 rings (SSSR count). The Morgan fingerprint density at radius 1 is 1.26 bits per heavy atom. The van der Waals surface area contributed by atoms with Gasteiger partial charge in [-0.1, -0.05) is 12.1 Å². The van der Waals surface area contributed by atoms with E-state index in [4.69, 9.17) is 0 Å². The summed E-state index contributed by atoms with van der Waals surface area (Å²) in [4.78, 5) is 22.2. The van der Waals surface area contributed by atoms with Crippen LogP contribution in [-0.4, -0.2) is 33.7 Å². The van der Waals surface area contributed by atoms with Crippen LogP contribution in [0.4, 0.5) is 0 Å². The van der Waals surface area contributed by atoms with Gasteiger partial charge < -0.3 is 5.32 Å². The number of amides is 1. The first-order valence-corrected chi connectivity index (χ1v) is 7.16. The van der Waals surface area contributed by atoms with Crippen LogP contribution >= 0.6 is 0 Å². The van der Waals surface area contributed by atoms with E-state index in [9.17, 15) is 18.0 Å². The summed E-state index contributed by atoms with van der Waals surface area (Å²) in [6, 6.07) is 5.76. The van der Waals surface area contributed by atoms with Crippen LogP contribution in [-0.2, 0) is 14.8 Å². The summed E-state index contributed by atoms with van der Waals surface area (Å²) in [6.07, 6.45) is 0.0577. The van der Waals surface area contributed by atoms with Crippen molar-refractivity contribution < 1.29 is 18.0 Å². The number of ketones is 1. The van der Waals surface area contributed by atoms with E-state index in [1.165, 1.54) is 32.2 Å². The molecule has 0 heterocycles. The summed E-state index contributed by atoms with van der Waals surface area (Å²) >= 11 is 0. The third kappa shape index (κ3) is 4.46. The molecule has 0 unspecified atom stereocenters. The predicted octanol–water partition coefficient (Wildman–Crippen LogP) is 0.304. The third-order valence-corrected chi connectivity index (χ3v) is 3.93. The maximum atomic E-state index is 11.9. The molecule has 1 aromatic carbocycles. The van der Waals surface area contributed by atoms with Crippen LogP contribution in [0.3, 0.4) is 0 Å². The largest absolute Gasteiger partial charge is 0.359 e. The van der Waals surface area contributed by atoms with Crippen LogP contribution in [0.2, 0.25) is 0 Å². The van der Waals surface area contributed by atoms with Gasteiger partial charge in [-0.2, -0.15) is 0 Å². The van der Waals surface area contributed by atoms with Gasteiger partial charge in [0.1, 0.15) is 0 Å². The van der Waals surface area contributed by atoms with E-state index >= 15 is 0 Å². The number of sulfonamides is 1. The summed E-state index contributed by atoms with van der Waals surface area (Å²) in [6.45, 7) is 1.37. The molecule has 0 atom stereocenters. The van der Waals surface area contributed by atoms with Crippen LogP contribution in [0, 0.1) is 0 Å². The van der Waals surface area contributed by atoms with Gasteiger partial charge in [0.25, 0.3) is 0 Å². The molecule has 0 spiro atoms. The minimum atomic E-state index is -3.70. The lowest BCUT2D eigenvalue weighted by atomic mass is 10.2. The summed E-state index contributed by atoms with van der Waals surface area (Å²) in [5.74, 6) is -0.456. The number of Topliss-reactive ketones (excluding diaryl/α,β-unsaturated/α-hetero) is 1. The lowest BCUT2D eigenvalue weighted by Crippen LogP contribution is -2.29. The highest BCUT2D eigenvalue weighted by molar-refractivity contribution is 7.89. The number of nitrogens with one attached hydrogen (secondary N) is 2. The molecular weight excluding hydrogens is 268 g/mol. The number of rotatable bonds is 6. The van der Waals surface area contributed by atoms with E-state index in [2.05, 4.69) is 10.0 Å². The second-order valence-electron chi connectivity index (χ2n) is 3.90. The molecule has 0 radical (unpaired) electrons. The molecule has 2 N–H and O–H groups in total. The van der Waals surface area contributed by atoms with Crippen molar-refractivity contribution in [1.82, 2.24) is 10.0 Å². The fourth-order valence-electron chi connectivity index (χ4n) is 1.39. The van der Waals surface area contributed by atoms with Crippen LogP contribution in [0.1, 0.15) is 23.7 Å². The fourth-order valence-corrected chi connectivity index (χ4v) is 2.47. The number of carbonyl (C=O) groups excluding carboxylic acids is 2. The zero-order valence-electron chi connectivity index (χ0n) is 10.8. The van der Waals surface area contributed by atoms with Gasteiger partial charge in [0.05, 0.1) is 4.90 Å². The zero-order valence-corrected chi connectivity index (χ0v) is 11.6.